The van der Waals surface area contributed by atoms with Gasteiger partial charge in [0.2, 0.25) is 0 Å². The quantitative estimate of drug-likeness (QED) is 0.361. The highest BCUT2D eigenvalue weighted by Crippen LogP contribution is 2.30. The van der Waals surface area contributed by atoms with Gasteiger partial charge in [0.25, 0.3) is 0 Å². The van der Waals surface area contributed by atoms with E-state index in [1.54, 1.807) is 7.11 Å². The standard InChI is InChI=1S/C25H25ClN2O/c1-17(2)14-18-8-10-19(11-9-18)25-27-23-15-21(29-3)12-13-24(23)28(25)16-20-6-4-5-7-22(20)26/h4-13,15,17H,14,16H2,1-3H3. The summed E-state index contributed by atoms with van der Waals surface area (Å²) in [7, 11) is 1.68. The van der Waals surface area contributed by atoms with Gasteiger partial charge in [-0.05, 0) is 41.7 Å². The van der Waals surface area contributed by atoms with E-state index in [1.807, 2.05) is 30.3 Å². The van der Waals surface area contributed by atoms with Crippen LogP contribution >= 0.6 is 11.6 Å². The molecule has 0 aliphatic carbocycles. The average molecular weight is 405 g/mol. The monoisotopic (exact) mass is 404 g/mol. The van der Waals surface area contributed by atoms with Crippen LogP contribution in [0.3, 0.4) is 0 Å². The zero-order valence-electron chi connectivity index (χ0n) is 17.0. The lowest BCUT2D eigenvalue weighted by molar-refractivity contribution is 0.415. The Labute approximate surface area is 176 Å². The molecule has 3 aromatic carbocycles. The highest BCUT2D eigenvalue weighted by atomic mass is 35.5. The number of aromatic nitrogens is 2. The van der Waals surface area contributed by atoms with Crippen LogP contribution in [-0.4, -0.2) is 16.7 Å². The SMILES string of the molecule is COc1ccc2c(c1)nc(-c1ccc(CC(C)C)cc1)n2Cc1ccccc1Cl. The number of hydrogen-bond donors (Lipinski definition) is 0. The second kappa shape index (κ2) is 8.30. The second-order valence-corrected chi connectivity index (χ2v) is 8.17. The molecule has 0 atom stereocenters. The van der Waals surface area contributed by atoms with Crippen molar-refractivity contribution < 1.29 is 4.74 Å². The Morgan fingerprint density at radius 1 is 1.00 bits per heavy atom. The number of fused-ring (bicyclic) bond motifs is 1. The van der Waals surface area contributed by atoms with E-state index in [0.29, 0.717) is 12.5 Å². The summed E-state index contributed by atoms with van der Waals surface area (Å²) in [5.74, 6) is 2.38. The predicted octanol–water partition coefficient (Wildman–Crippen LogP) is 6.61. The fourth-order valence-electron chi connectivity index (χ4n) is 3.68. The van der Waals surface area contributed by atoms with E-state index < -0.39 is 0 Å². The molecule has 148 valence electrons. The summed E-state index contributed by atoms with van der Waals surface area (Å²) >= 11 is 6.45. The zero-order chi connectivity index (χ0) is 20.4. The lowest BCUT2D eigenvalue weighted by atomic mass is 10.0. The molecule has 0 saturated carbocycles. The molecule has 0 radical (unpaired) electrons. The number of nitrogens with zero attached hydrogens (tertiary/aromatic N) is 2. The maximum atomic E-state index is 6.45. The Hall–Kier alpha value is -2.78. The van der Waals surface area contributed by atoms with E-state index in [2.05, 4.69) is 54.8 Å². The van der Waals surface area contributed by atoms with Crippen LogP contribution in [0.5, 0.6) is 5.75 Å². The van der Waals surface area contributed by atoms with Gasteiger partial charge in [0.15, 0.2) is 0 Å². The minimum atomic E-state index is 0.637. The zero-order valence-corrected chi connectivity index (χ0v) is 17.8. The average Bonchev–Trinajstić information content (AvgIpc) is 3.07. The van der Waals surface area contributed by atoms with E-state index >= 15 is 0 Å². The van der Waals surface area contributed by atoms with Crippen LogP contribution in [0.4, 0.5) is 0 Å². The molecule has 4 aromatic rings. The van der Waals surface area contributed by atoms with Gasteiger partial charge in [-0.25, -0.2) is 4.98 Å². The molecule has 0 spiro atoms. The molecule has 1 heterocycles. The van der Waals surface area contributed by atoms with Crippen LogP contribution in [0.1, 0.15) is 25.0 Å². The predicted molar refractivity (Wildman–Crippen MR) is 121 cm³/mol. The van der Waals surface area contributed by atoms with Crippen molar-refractivity contribution in [2.24, 2.45) is 5.92 Å². The number of hydrogen-bond acceptors (Lipinski definition) is 2. The van der Waals surface area contributed by atoms with E-state index in [0.717, 1.165) is 45.2 Å². The third-order valence-corrected chi connectivity index (χ3v) is 5.47. The first-order chi connectivity index (χ1) is 14.0. The number of imidazole rings is 1. The molecule has 29 heavy (non-hydrogen) atoms. The summed E-state index contributed by atoms with van der Waals surface area (Å²) in [6.07, 6.45) is 1.08. The molecule has 3 nitrogen and oxygen atoms in total. The summed E-state index contributed by atoms with van der Waals surface area (Å²) in [4.78, 5) is 4.95. The summed E-state index contributed by atoms with van der Waals surface area (Å²) in [5, 5.41) is 0.765. The molecule has 0 fully saturated rings. The van der Waals surface area contributed by atoms with Gasteiger partial charge in [0, 0.05) is 16.7 Å². The van der Waals surface area contributed by atoms with Crippen molar-refractivity contribution >= 4 is 22.6 Å². The van der Waals surface area contributed by atoms with Crippen molar-refractivity contribution in [3.05, 3.63) is 82.9 Å². The van der Waals surface area contributed by atoms with Crippen molar-refractivity contribution in [2.75, 3.05) is 7.11 Å². The van der Waals surface area contributed by atoms with Gasteiger partial charge in [0.1, 0.15) is 11.6 Å². The van der Waals surface area contributed by atoms with E-state index in [-0.39, 0.29) is 0 Å². The summed E-state index contributed by atoms with van der Waals surface area (Å²) in [6.45, 7) is 5.14. The third-order valence-electron chi connectivity index (χ3n) is 5.10. The molecule has 0 saturated heterocycles. The third kappa shape index (κ3) is 4.15. The second-order valence-electron chi connectivity index (χ2n) is 7.76. The number of benzene rings is 3. The molecule has 0 N–H and O–H groups in total. The first-order valence-electron chi connectivity index (χ1n) is 9.92. The highest BCUT2D eigenvalue weighted by molar-refractivity contribution is 6.31. The molecular weight excluding hydrogens is 380 g/mol. The maximum Gasteiger partial charge on any atom is 0.141 e. The fraction of sp³-hybridized carbons (Fsp3) is 0.240. The Balaban J connectivity index is 1.82. The van der Waals surface area contributed by atoms with Crippen molar-refractivity contribution in [3.63, 3.8) is 0 Å². The molecule has 4 rings (SSSR count). The summed E-state index contributed by atoms with van der Waals surface area (Å²) in [6, 6.07) is 22.7. The van der Waals surface area contributed by atoms with Crippen LogP contribution in [0.2, 0.25) is 5.02 Å². The van der Waals surface area contributed by atoms with Crippen LogP contribution in [-0.2, 0) is 13.0 Å². The van der Waals surface area contributed by atoms with Crippen molar-refractivity contribution in [3.8, 4) is 17.1 Å². The fourth-order valence-corrected chi connectivity index (χ4v) is 3.87. The first kappa shape index (κ1) is 19.5. The van der Waals surface area contributed by atoms with Gasteiger partial charge >= 0.3 is 0 Å². The lowest BCUT2D eigenvalue weighted by Crippen LogP contribution is -2.03. The Morgan fingerprint density at radius 3 is 2.45 bits per heavy atom. The van der Waals surface area contributed by atoms with Crippen LogP contribution in [0.25, 0.3) is 22.4 Å². The van der Waals surface area contributed by atoms with Crippen LogP contribution in [0.15, 0.2) is 66.7 Å². The van der Waals surface area contributed by atoms with Gasteiger partial charge in [-0.1, -0.05) is 67.9 Å². The molecule has 0 aliphatic heterocycles. The smallest absolute Gasteiger partial charge is 0.141 e. The maximum absolute atomic E-state index is 6.45. The number of rotatable bonds is 6. The van der Waals surface area contributed by atoms with Gasteiger partial charge in [-0.15, -0.1) is 0 Å². The lowest BCUT2D eigenvalue weighted by Gasteiger charge is -2.12. The highest BCUT2D eigenvalue weighted by Gasteiger charge is 2.15. The molecule has 0 bridgehead atoms. The normalized spacial score (nSPS) is 11.3. The molecule has 4 heteroatoms. The van der Waals surface area contributed by atoms with Gasteiger partial charge in [-0.2, -0.15) is 0 Å². The first-order valence-corrected chi connectivity index (χ1v) is 10.3. The number of methoxy groups -OCH3 is 1. The topological polar surface area (TPSA) is 27.1 Å². The van der Waals surface area contributed by atoms with E-state index in [9.17, 15) is 0 Å². The van der Waals surface area contributed by atoms with Gasteiger partial charge in [-0.3, -0.25) is 0 Å². The van der Waals surface area contributed by atoms with Crippen molar-refractivity contribution in [1.82, 2.24) is 9.55 Å². The van der Waals surface area contributed by atoms with Crippen LogP contribution < -0.4 is 4.74 Å². The summed E-state index contributed by atoms with van der Waals surface area (Å²) in [5.41, 5.74) is 5.49. The Bertz CT molecular complexity index is 1130. The Kier molecular flexibility index (Phi) is 5.59. The van der Waals surface area contributed by atoms with Crippen LogP contribution in [0, 0.1) is 5.92 Å². The van der Waals surface area contributed by atoms with Crippen molar-refractivity contribution in [1.29, 1.82) is 0 Å². The minimum absolute atomic E-state index is 0.637. The van der Waals surface area contributed by atoms with E-state index in [4.69, 9.17) is 21.3 Å². The van der Waals surface area contributed by atoms with Crippen molar-refractivity contribution in [2.45, 2.75) is 26.8 Å². The molecule has 1 aromatic heterocycles. The molecule has 0 amide bonds. The Morgan fingerprint density at radius 2 is 1.76 bits per heavy atom. The van der Waals surface area contributed by atoms with Gasteiger partial charge in [0.05, 0.1) is 24.7 Å². The molecular formula is C25H25ClN2O. The molecule has 0 unspecified atom stereocenters. The number of ether oxygens (including phenoxy) is 1. The van der Waals surface area contributed by atoms with Gasteiger partial charge < -0.3 is 9.30 Å². The minimum Gasteiger partial charge on any atom is -0.497 e. The summed E-state index contributed by atoms with van der Waals surface area (Å²) < 4.78 is 7.63. The van der Waals surface area contributed by atoms with E-state index in [1.165, 1.54) is 5.56 Å². The largest absolute Gasteiger partial charge is 0.497 e. The molecule has 0 aliphatic rings. The number of halogens is 1.